The Kier molecular flexibility index (Phi) is 65.7. The second kappa shape index (κ2) is 68.8. The Morgan fingerprint density at radius 3 is 0.778 bits per heavy atom. The number of ether oxygens (including phenoxy) is 3. The molecule has 0 fully saturated rings. The van der Waals surface area contributed by atoms with Crippen molar-refractivity contribution in [2.45, 2.75) is 348 Å². The molecule has 0 aromatic carbocycles. The van der Waals surface area contributed by atoms with Gasteiger partial charge in [-0.3, -0.25) is 14.4 Å². The minimum atomic E-state index is -0.799. The summed E-state index contributed by atoms with van der Waals surface area (Å²) >= 11 is 0. The highest BCUT2D eigenvalue weighted by Crippen LogP contribution is 2.17. The van der Waals surface area contributed by atoms with Crippen molar-refractivity contribution in [2.75, 3.05) is 13.2 Å². The molecule has 0 spiro atoms. The van der Waals surface area contributed by atoms with Crippen LogP contribution in [0.15, 0.2) is 97.2 Å². The molecule has 466 valence electrons. The van der Waals surface area contributed by atoms with Crippen LogP contribution in [0.25, 0.3) is 0 Å². The molecule has 81 heavy (non-hydrogen) atoms. The Balaban J connectivity index is 4.33. The summed E-state index contributed by atoms with van der Waals surface area (Å²) in [4.78, 5) is 38.4. The molecule has 6 nitrogen and oxygen atoms in total. The van der Waals surface area contributed by atoms with Crippen molar-refractivity contribution < 1.29 is 28.6 Å². The summed E-state index contributed by atoms with van der Waals surface area (Å²) in [7, 11) is 0. The van der Waals surface area contributed by atoms with Crippen molar-refractivity contribution >= 4 is 17.9 Å². The average Bonchev–Trinajstić information content (AvgIpc) is 3.47. The number of hydrogen-bond donors (Lipinski definition) is 0. The van der Waals surface area contributed by atoms with E-state index in [0.717, 1.165) is 96.3 Å². The number of allylic oxidation sites excluding steroid dienone is 16. The van der Waals surface area contributed by atoms with E-state index in [4.69, 9.17) is 14.2 Å². The maximum Gasteiger partial charge on any atom is 0.306 e. The lowest BCUT2D eigenvalue weighted by molar-refractivity contribution is -0.167. The predicted octanol–water partition coefficient (Wildman–Crippen LogP) is 24.0. The standard InChI is InChI=1S/C75H130O6/c1-4-7-10-13-16-19-22-25-28-30-32-34-35-36-37-38-39-41-42-44-47-50-53-56-59-62-65-68-74(77)80-71-72(70-79-73(76)67-64-61-58-55-52-49-46-27-24-21-18-15-12-9-6-3)81-75(78)69-66-63-60-57-54-51-48-45-43-40-33-31-29-26-23-20-17-14-11-8-5-2/h9,12,18,21-23,25-27,30-33,46,52,55,72H,4-8,10-11,13-17,19-20,24,28-29,34-45,47-51,53-54,56-71H2,1-3H3/b12-9-,21-18-,25-22-,26-23-,32-30-,33-31-,46-27-,55-52-. The van der Waals surface area contributed by atoms with E-state index in [1.807, 2.05) is 0 Å². The van der Waals surface area contributed by atoms with Crippen LogP contribution in [0.3, 0.4) is 0 Å². The summed E-state index contributed by atoms with van der Waals surface area (Å²) in [6, 6.07) is 0. The van der Waals surface area contributed by atoms with Crippen molar-refractivity contribution in [3.8, 4) is 0 Å². The summed E-state index contributed by atoms with van der Waals surface area (Å²) < 4.78 is 16.9. The first-order valence-corrected chi connectivity index (χ1v) is 34.7. The van der Waals surface area contributed by atoms with Crippen LogP contribution in [-0.4, -0.2) is 37.2 Å². The van der Waals surface area contributed by atoms with Crippen molar-refractivity contribution in [2.24, 2.45) is 0 Å². The van der Waals surface area contributed by atoms with Gasteiger partial charge in [0.15, 0.2) is 6.10 Å². The number of unbranched alkanes of at least 4 members (excludes halogenated alkanes) is 36. The zero-order valence-electron chi connectivity index (χ0n) is 53.5. The van der Waals surface area contributed by atoms with Crippen LogP contribution in [0.1, 0.15) is 342 Å². The zero-order valence-corrected chi connectivity index (χ0v) is 53.5. The number of esters is 3. The van der Waals surface area contributed by atoms with Crippen LogP contribution in [0.5, 0.6) is 0 Å². The summed E-state index contributed by atoms with van der Waals surface area (Å²) in [6.07, 6.45) is 92.9. The third kappa shape index (κ3) is 67.0. The fourth-order valence-corrected chi connectivity index (χ4v) is 9.85. The fraction of sp³-hybridized carbons (Fsp3) is 0.747. The second-order valence-corrected chi connectivity index (χ2v) is 23.1. The van der Waals surface area contributed by atoms with Crippen LogP contribution in [0.4, 0.5) is 0 Å². The third-order valence-corrected chi connectivity index (χ3v) is 15.0. The van der Waals surface area contributed by atoms with Gasteiger partial charge in [-0.2, -0.15) is 0 Å². The van der Waals surface area contributed by atoms with Gasteiger partial charge >= 0.3 is 17.9 Å². The molecule has 0 saturated heterocycles. The zero-order chi connectivity index (χ0) is 58.5. The molecule has 0 aliphatic carbocycles. The molecule has 0 saturated carbocycles. The smallest absolute Gasteiger partial charge is 0.306 e. The van der Waals surface area contributed by atoms with Gasteiger partial charge in [0.2, 0.25) is 0 Å². The van der Waals surface area contributed by atoms with Gasteiger partial charge in [0, 0.05) is 19.3 Å². The van der Waals surface area contributed by atoms with E-state index in [2.05, 4.69) is 118 Å². The summed E-state index contributed by atoms with van der Waals surface area (Å²) in [5, 5.41) is 0. The molecule has 0 rings (SSSR count). The van der Waals surface area contributed by atoms with E-state index in [1.165, 1.54) is 205 Å². The molecule has 0 bridgehead atoms. The molecule has 0 aliphatic rings. The van der Waals surface area contributed by atoms with E-state index in [1.54, 1.807) is 0 Å². The predicted molar refractivity (Wildman–Crippen MR) is 353 cm³/mol. The SMILES string of the molecule is CC/C=C\C/C=C\C/C=C\C/C=C\CCCCC(=O)OCC(COC(=O)CCCCCCCCCCCCCCCCC/C=C\C/C=C\CCCCCCC)OC(=O)CCCCCCCCCCC/C=C\C/C=C\CCCCCCC. The molecule has 6 heteroatoms. The maximum absolute atomic E-state index is 12.9. The third-order valence-electron chi connectivity index (χ3n) is 15.0. The van der Waals surface area contributed by atoms with Gasteiger partial charge in [-0.05, 0) is 122 Å². The van der Waals surface area contributed by atoms with Gasteiger partial charge in [0.1, 0.15) is 13.2 Å². The fourth-order valence-electron chi connectivity index (χ4n) is 9.85. The number of carbonyl (C=O) groups is 3. The highest BCUT2D eigenvalue weighted by atomic mass is 16.6. The van der Waals surface area contributed by atoms with Gasteiger partial charge in [-0.1, -0.05) is 298 Å². The van der Waals surface area contributed by atoms with E-state index in [-0.39, 0.29) is 31.1 Å². The van der Waals surface area contributed by atoms with Crippen LogP contribution < -0.4 is 0 Å². The Labute approximate surface area is 502 Å². The Bertz CT molecular complexity index is 1580. The highest BCUT2D eigenvalue weighted by Gasteiger charge is 2.19. The molecular formula is C75H130O6. The summed E-state index contributed by atoms with van der Waals surface area (Å²) in [6.45, 7) is 6.50. The van der Waals surface area contributed by atoms with Crippen molar-refractivity contribution in [1.82, 2.24) is 0 Å². The minimum absolute atomic E-state index is 0.0910. The van der Waals surface area contributed by atoms with Crippen LogP contribution in [-0.2, 0) is 28.6 Å². The molecule has 0 aliphatic heterocycles. The average molecular weight is 1130 g/mol. The number of hydrogen-bond acceptors (Lipinski definition) is 6. The first kappa shape index (κ1) is 77.3. The normalized spacial score (nSPS) is 12.7. The summed E-state index contributed by atoms with van der Waals surface area (Å²) in [5.41, 5.74) is 0. The van der Waals surface area contributed by atoms with Crippen LogP contribution in [0, 0.1) is 0 Å². The Hall–Kier alpha value is -3.67. The number of rotatable bonds is 63. The molecule has 0 heterocycles. The van der Waals surface area contributed by atoms with E-state index >= 15 is 0 Å². The van der Waals surface area contributed by atoms with Gasteiger partial charge in [0.05, 0.1) is 0 Å². The topological polar surface area (TPSA) is 78.9 Å². The molecule has 0 radical (unpaired) electrons. The van der Waals surface area contributed by atoms with Gasteiger partial charge in [-0.15, -0.1) is 0 Å². The molecule has 1 unspecified atom stereocenters. The van der Waals surface area contributed by atoms with Gasteiger partial charge in [-0.25, -0.2) is 0 Å². The largest absolute Gasteiger partial charge is 0.462 e. The second-order valence-electron chi connectivity index (χ2n) is 23.1. The van der Waals surface area contributed by atoms with Crippen molar-refractivity contribution in [3.05, 3.63) is 97.2 Å². The Morgan fingerprint density at radius 2 is 0.481 bits per heavy atom. The van der Waals surface area contributed by atoms with Gasteiger partial charge < -0.3 is 14.2 Å². The first-order valence-electron chi connectivity index (χ1n) is 34.7. The lowest BCUT2D eigenvalue weighted by Crippen LogP contribution is -2.30. The number of carbonyl (C=O) groups excluding carboxylic acids is 3. The van der Waals surface area contributed by atoms with E-state index in [0.29, 0.717) is 19.3 Å². The van der Waals surface area contributed by atoms with E-state index < -0.39 is 6.10 Å². The summed E-state index contributed by atoms with van der Waals surface area (Å²) in [5.74, 6) is -0.925. The van der Waals surface area contributed by atoms with Crippen molar-refractivity contribution in [1.29, 1.82) is 0 Å². The molecule has 1 atom stereocenters. The Morgan fingerprint density at radius 1 is 0.259 bits per heavy atom. The van der Waals surface area contributed by atoms with Crippen LogP contribution in [0.2, 0.25) is 0 Å². The monoisotopic (exact) mass is 1130 g/mol. The minimum Gasteiger partial charge on any atom is -0.462 e. The highest BCUT2D eigenvalue weighted by molar-refractivity contribution is 5.71. The molecular weight excluding hydrogens is 997 g/mol. The maximum atomic E-state index is 12.9. The molecule has 0 aromatic rings. The quantitative estimate of drug-likeness (QED) is 0.0261. The lowest BCUT2D eigenvalue weighted by atomic mass is 10.0. The molecule has 0 amide bonds. The van der Waals surface area contributed by atoms with Gasteiger partial charge in [0.25, 0.3) is 0 Å². The first-order chi connectivity index (χ1) is 40.0. The molecule has 0 N–H and O–H groups in total. The van der Waals surface area contributed by atoms with Crippen LogP contribution >= 0.6 is 0 Å². The van der Waals surface area contributed by atoms with E-state index in [9.17, 15) is 14.4 Å². The van der Waals surface area contributed by atoms with Crippen molar-refractivity contribution in [3.63, 3.8) is 0 Å². The lowest BCUT2D eigenvalue weighted by Gasteiger charge is -2.18. The molecule has 0 aromatic heterocycles.